The summed E-state index contributed by atoms with van der Waals surface area (Å²) in [6.45, 7) is 2.12. The lowest BCUT2D eigenvalue weighted by molar-refractivity contribution is -0.121. The molecule has 2 aromatic carbocycles. The van der Waals surface area contributed by atoms with Gasteiger partial charge in [0.2, 0.25) is 5.91 Å². The fourth-order valence-electron chi connectivity index (χ4n) is 3.83. The van der Waals surface area contributed by atoms with Crippen LogP contribution in [0, 0.1) is 0 Å². The van der Waals surface area contributed by atoms with E-state index in [2.05, 4.69) is 15.5 Å². The summed E-state index contributed by atoms with van der Waals surface area (Å²) in [7, 11) is 0. The highest BCUT2D eigenvalue weighted by Gasteiger charge is 2.25. The predicted molar refractivity (Wildman–Crippen MR) is 109 cm³/mol. The minimum absolute atomic E-state index is 0.0107. The summed E-state index contributed by atoms with van der Waals surface area (Å²) in [6.07, 6.45) is 0.670. The zero-order valence-corrected chi connectivity index (χ0v) is 16.1. The van der Waals surface area contributed by atoms with E-state index in [1.807, 2.05) is 36.4 Å². The van der Waals surface area contributed by atoms with Gasteiger partial charge in [0.1, 0.15) is 5.75 Å². The van der Waals surface area contributed by atoms with Crippen molar-refractivity contribution in [2.75, 3.05) is 31.6 Å². The summed E-state index contributed by atoms with van der Waals surface area (Å²) < 4.78 is 5.36. The number of aliphatic hydroxyl groups excluding tert-OH is 1. The van der Waals surface area contributed by atoms with Crippen LogP contribution in [-0.2, 0) is 16.0 Å². The van der Waals surface area contributed by atoms with Crippen LogP contribution in [0.25, 0.3) is 0 Å². The fourth-order valence-corrected chi connectivity index (χ4v) is 3.83. The summed E-state index contributed by atoms with van der Waals surface area (Å²) in [5.74, 6) is 0.321. The van der Waals surface area contributed by atoms with E-state index in [1.54, 1.807) is 12.1 Å². The summed E-state index contributed by atoms with van der Waals surface area (Å²) in [4.78, 5) is 26.5. The second-order valence-corrected chi connectivity index (χ2v) is 7.58. The van der Waals surface area contributed by atoms with Gasteiger partial charge in [-0.3, -0.25) is 14.5 Å². The van der Waals surface area contributed by atoms with Gasteiger partial charge in [0.15, 0.2) is 6.61 Å². The molecule has 4 rings (SSSR count). The van der Waals surface area contributed by atoms with Crippen molar-refractivity contribution in [1.82, 2.24) is 10.2 Å². The average Bonchev–Trinajstić information content (AvgIpc) is 3.12. The number of fused-ring (bicyclic) bond motifs is 1. The number of benzene rings is 2. The highest BCUT2D eigenvalue weighted by Crippen LogP contribution is 2.28. The van der Waals surface area contributed by atoms with Crippen LogP contribution in [0.15, 0.2) is 48.5 Å². The fraction of sp³-hybridized carbons (Fsp3) is 0.364. The molecule has 152 valence electrons. The molecule has 2 atom stereocenters. The number of carbonyl (C=O) groups excluding carboxylic acids is 2. The molecule has 0 bridgehead atoms. The van der Waals surface area contributed by atoms with Crippen molar-refractivity contribution in [1.29, 1.82) is 0 Å². The van der Waals surface area contributed by atoms with Crippen LogP contribution in [0.4, 0.5) is 5.69 Å². The molecule has 1 fully saturated rings. The number of hydrogen-bond donors (Lipinski definition) is 3. The highest BCUT2D eigenvalue weighted by atomic mass is 16.5. The van der Waals surface area contributed by atoms with Gasteiger partial charge in [0.25, 0.3) is 5.91 Å². The molecule has 29 heavy (non-hydrogen) atoms. The average molecular weight is 395 g/mol. The van der Waals surface area contributed by atoms with Gasteiger partial charge in [0, 0.05) is 19.6 Å². The predicted octanol–water partition coefficient (Wildman–Crippen LogP) is 1.48. The van der Waals surface area contributed by atoms with E-state index in [9.17, 15) is 14.7 Å². The molecule has 2 heterocycles. The van der Waals surface area contributed by atoms with Crippen molar-refractivity contribution in [3.8, 4) is 5.75 Å². The van der Waals surface area contributed by atoms with Gasteiger partial charge >= 0.3 is 0 Å². The molecule has 2 aliphatic rings. The van der Waals surface area contributed by atoms with Crippen molar-refractivity contribution in [3.05, 3.63) is 59.7 Å². The van der Waals surface area contributed by atoms with Crippen molar-refractivity contribution < 1.29 is 19.4 Å². The normalized spacial score (nSPS) is 19.8. The Morgan fingerprint density at radius 3 is 2.86 bits per heavy atom. The Labute approximate surface area is 169 Å². The lowest BCUT2D eigenvalue weighted by atomic mass is 10.0. The first kappa shape index (κ1) is 19.4. The zero-order valence-electron chi connectivity index (χ0n) is 16.1. The first-order valence-corrected chi connectivity index (χ1v) is 9.87. The standard InChI is InChI=1S/C22H25N3O4/c26-17-8-9-25(12-17)13-19(16-4-2-1-3-5-16)24-21(27)11-15-6-7-20-18(10-15)23-22(28)14-29-20/h1-7,10,17,19,26H,8-9,11-14H2,(H,23,28)(H,24,27)/t17-,19?/m0/s1. The Bertz CT molecular complexity index is 887. The third kappa shape index (κ3) is 4.93. The van der Waals surface area contributed by atoms with Crippen LogP contribution in [-0.4, -0.2) is 54.2 Å². The molecule has 0 saturated carbocycles. The number of ether oxygens (including phenoxy) is 1. The number of anilines is 1. The number of nitrogens with one attached hydrogen (secondary N) is 2. The lowest BCUT2D eigenvalue weighted by Crippen LogP contribution is -2.38. The second kappa shape index (κ2) is 8.63. The molecule has 3 N–H and O–H groups in total. The molecule has 7 heteroatoms. The first-order chi connectivity index (χ1) is 14.1. The maximum absolute atomic E-state index is 12.8. The lowest BCUT2D eigenvalue weighted by Gasteiger charge is -2.25. The van der Waals surface area contributed by atoms with E-state index >= 15 is 0 Å². The number of hydrogen-bond acceptors (Lipinski definition) is 5. The quantitative estimate of drug-likeness (QED) is 0.689. The highest BCUT2D eigenvalue weighted by molar-refractivity contribution is 5.95. The molecule has 0 aliphatic carbocycles. The summed E-state index contributed by atoms with van der Waals surface area (Å²) in [6, 6.07) is 15.1. The van der Waals surface area contributed by atoms with Crippen LogP contribution < -0.4 is 15.4 Å². The monoisotopic (exact) mass is 395 g/mol. The Morgan fingerprint density at radius 2 is 2.10 bits per heavy atom. The van der Waals surface area contributed by atoms with Gasteiger partial charge in [-0.2, -0.15) is 0 Å². The summed E-state index contributed by atoms with van der Waals surface area (Å²) in [5, 5.41) is 15.7. The third-order valence-electron chi connectivity index (χ3n) is 5.27. The molecule has 0 aromatic heterocycles. The Kier molecular flexibility index (Phi) is 5.78. The summed E-state index contributed by atoms with van der Waals surface area (Å²) >= 11 is 0. The van der Waals surface area contributed by atoms with Gasteiger partial charge in [-0.05, 0) is 29.7 Å². The first-order valence-electron chi connectivity index (χ1n) is 9.87. The van der Waals surface area contributed by atoms with E-state index in [4.69, 9.17) is 4.74 Å². The van der Waals surface area contributed by atoms with E-state index in [1.165, 1.54) is 0 Å². The zero-order chi connectivity index (χ0) is 20.2. The van der Waals surface area contributed by atoms with Gasteiger partial charge in [-0.15, -0.1) is 0 Å². The Morgan fingerprint density at radius 1 is 1.28 bits per heavy atom. The number of carbonyl (C=O) groups is 2. The van der Waals surface area contributed by atoms with Crippen molar-refractivity contribution >= 4 is 17.5 Å². The second-order valence-electron chi connectivity index (χ2n) is 7.58. The van der Waals surface area contributed by atoms with E-state index in [0.29, 0.717) is 24.5 Å². The van der Waals surface area contributed by atoms with Crippen LogP contribution in [0.5, 0.6) is 5.75 Å². The molecule has 7 nitrogen and oxygen atoms in total. The molecule has 0 radical (unpaired) electrons. The summed E-state index contributed by atoms with van der Waals surface area (Å²) in [5.41, 5.74) is 2.43. The van der Waals surface area contributed by atoms with Crippen LogP contribution in [0.1, 0.15) is 23.6 Å². The Balaban J connectivity index is 1.43. The minimum Gasteiger partial charge on any atom is -0.482 e. The number of rotatable bonds is 6. The van der Waals surface area contributed by atoms with Crippen LogP contribution >= 0.6 is 0 Å². The maximum atomic E-state index is 12.8. The van der Waals surface area contributed by atoms with Gasteiger partial charge in [-0.1, -0.05) is 36.4 Å². The smallest absolute Gasteiger partial charge is 0.262 e. The molecule has 2 aromatic rings. The van der Waals surface area contributed by atoms with Gasteiger partial charge in [-0.25, -0.2) is 0 Å². The molecular weight excluding hydrogens is 370 g/mol. The largest absolute Gasteiger partial charge is 0.482 e. The molecule has 0 spiro atoms. The van der Waals surface area contributed by atoms with E-state index in [0.717, 1.165) is 24.1 Å². The third-order valence-corrected chi connectivity index (χ3v) is 5.27. The van der Waals surface area contributed by atoms with Crippen LogP contribution in [0.3, 0.4) is 0 Å². The topological polar surface area (TPSA) is 90.9 Å². The number of aliphatic hydroxyl groups is 1. The number of amides is 2. The van der Waals surface area contributed by atoms with E-state index < -0.39 is 0 Å². The van der Waals surface area contributed by atoms with Crippen molar-refractivity contribution in [2.45, 2.75) is 25.0 Å². The maximum Gasteiger partial charge on any atom is 0.262 e. The molecule has 2 amide bonds. The van der Waals surface area contributed by atoms with Crippen molar-refractivity contribution in [2.24, 2.45) is 0 Å². The number of nitrogens with zero attached hydrogens (tertiary/aromatic N) is 1. The number of β-amino-alcohol motifs (C(OH)–C–C–N with tert-alkyl or cyclic N) is 1. The minimum atomic E-state index is -0.296. The van der Waals surface area contributed by atoms with Gasteiger partial charge < -0.3 is 20.5 Å². The molecule has 1 unspecified atom stereocenters. The van der Waals surface area contributed by atoms with Crippen molar-refractivity contribution in [3.63, 3.8) is 0 Å². The van der Waals surface area contributed by atoms with Crippen LogP contribution in [0.2, 0.25) is 0 Å². The SMILES string of the molecule is O=C1COc2ccc(CC(=O)NC(CN3CC[C@H](O)C3)c3ccccc3)cc2N1. The Hall–Kier alpha value is -2.90. The molecular formula is C22H25N3O4. The molecule has 1 saturated heterocycles. The number of likely N-dealkylation sites (tertiary alicyclic amines) is 1. The van der Waals surface area contributed by atoms with Gasteiger partial charge in [0.05, 0.1) is 24.3 Å². The van der Waals surface area contributed by atoms with E-state index in [-0.39, 0.29) is 37.0 Å². The molecule has 2 aliphatic heterocycles.